The van der Waals surface area contributed by atoms with Crippen LogP contribution < -0.4 is 5.32 Å². The fraction of sp³-hybridized carbons (Fsp3) is 0.450. The quantitative estimate of drug-likeness (QED) is 0.367. The van der Waals surface area contributed by atoms with Crippen LogP contribution in [0.15, 0.2) is 41.5 Å². The van der Waals surface area contributed by atoms with Gasteiger partial charge in [0, 0.05) is 26.7 Å². The lowest BCUT2D eigenvalue weighted by Gasteiger charge is -2.21. The van der Waals surface area contributed by atoms with Crippen molar-refractivity contribution in [1.82, 2.24) is 25.1 Å². The van der Waals surface area contributed by atoms with Crippen molar-refractivity contribution in [1.29, 1.82) is 0 Å². The van der Waals surface area contributed by atoms with E-state index in [-0.39, 0.29) is 36.4 Å². The molecule has 0 saturated carbocycles. The number of hydrogen-bond acceptors (Lipinski definition) is 3. The number of amides is 1. The van der Waals surface area contributed by atoms with Crippen LogP contribution in [0.25, 0.3) is 11.3 Å². The van der Waals surface area contributed by atoms with Gasteiger partial charge in [-0.3, -0.25) is 4.79 Å². The minimum absolute atomic E-state index is 0. The Morgan fingerprint density at radius 2 is 2.00 bits per heavy atom. The number of H-pyrrole nitrogens is 1. The highest BCUT2D eigenvalue weighted by atomic mass is 127. The third kappa shape index (κ3) is 5.95. The summed E-state index contributed by atoms with van der Waals surface area (Å²) in [6, 6.07) is 10.1. The zero-order chi connectivity index (χ0) is 19.1. The van der Waals surface area contributed by atoms with Gasteiger partial charge in [0.15, 0.2) is 5.96 Å². The van der Waals surface area contributed by atoms with Gasteiger partial charge in [0.1, 0.15) is 12.4 Å². The number of nitrogens with zero attached hydrogens (tertiary/aromatic N) is 4. The number of nitrogens with one attached hydrogen (secondary N) is 2. The predicted octanol–water partition coefficient (Wildman–Crippen LogP) is 2.71. The Morgan fingerprint density at radius 3 is 2.68 bits per heavy atom. The van der Waals surface area contributed by atoms with Gasteiger partial charge in [-0.15, -0.1) is 24.0 Å². The molecule has 0 bridgehead atoms. The smallest absolute Gasteiger partial charge is 0.244 e. The zero-order valence-corrected chi connectivity index (χ0v) is 18.8. The van der Waals surface area contributed by atoms with Crippen molar-refractivity contribution in [2.75, 3.05) is 33.2 Å². The number of benzene rings is 1. The second-order valence-electron chi connectivity index (χ2n) is 6.72. The fourth-order valence-corrected chi connectivity index (χ4v) is 3.19. The lowest BCUT2D eigenvalue weighted by molar-refractivity contribution is -0.128. The van der Waals surface area contributed by atoms with Crippen LogP contribution >= 0.6 is 24.0 Å². The summed E-state index contributed by atoms with van der Waals surface area (Å²) >= 11 is 0. The second kappa shape index (κ2) is 11.0. The summed E-state index contributed by atoms with van der Waals surface area (Å²) in [6.07, 6.45) is 4.04. The van der Waals surface area contributed by atoms with Crippen LogP contribution in [0.1, 0.15) is 25.6 Å². The Labute approximate surface area is 183 Å². The molecule has 0 aliphatic carbocycles. The average Bonchev–Trinajstić information content (AvgIpc) is 3.37. The summed E-state index contributed by atoms with van der Waals surface area (Å²) in [7, 11) is 1.95. The van der Waals surface area contributed by atoms with Crippen molar-refractivity contribution in [3.63, 3.8) is 0 Å². The van der Waals surface area contributed by atoms with Gasteiger partial charge < -0.3 is 20.1 Å². The van der Waals surface area contributed by atoms with E-state index in [1.165, 1.54) is 0 Å². The first kappa shape index (κ1) is 22.2. The van der Waals surface area contributed by atoms with Crippen molar-refractivity contribution in [3.8, 4) is 11.3 Å². The van der Waals surface area contributed by atoms with Crippen molar-refractivity contribution < 1.29 is 4.79 Å². The van der Waals surface area contributed by atoms with Crippen LogP contribution in [-0.2, 0) is 11.3 Å². The molecule has 1 aromatic carbocycles. The van der Waals surface area contributed by atoms with Gasteiger partial charge in [-0.2, -0.15) is 0 Å². The van der Waals surface area contributed by atoms with Crippen LogP contribution in [0, 0.1) is 0 Å². The molecule has 1 aliphatic heterocycles. The topological polar surface area (TPSA) is 76.6 Å². The minimum atomic E-state index is 0. The molecule has 0 spiro atoms. The van der Waals surface area contributed by atoms with E-state index in [0.717, 1.165) is 49.6 Å². The molecule has 28 heavy (non-hydrogen) atoms. The molecular formula is C20H29IN6O. The van der Waals surface area contributed by atoms with Crippen LogP contribution in [0.5, 0.6) is 0 Å². The van der Waals surface area contributed by atoms with Gasteiger partial charge >= 0.3 is 0 Å². The summed E-state index contributed by atoms with van der Waals surface area (Å²) in [6.45, 7) is 5.24. The number of aliphatic imine (C=N–C) groups is 1. The fourth-order valence-electron chi connectivity index (χ4n) is 3.19. The molecule has 0 unspecified atom stereocenters. The number of rotatable bonds is 6. The van der Waals surface area contributed by atoms with Crippen LogP contribution in [-0.4, -0.2) is 64.9 Å². The largest absolute Gasteiger partial charge is 0.357 e. The van der Waals surface area contributed by atoms with Crippen molar-refractivity contribution in [3.05, 3.63) is 42.4 Å². The first-order valence-corrected chi connectivity index (χ1v) is 9.54. The summed E-state index contributed by atoms with van der Waals surface area (Å²) in [5.74, 6) is 1.66. The molecule has 0 radical (unpaired) electrons. The van der Waals surface area contributed by atoms with Crippen molar-refractivity contribution >= 4 is 35.8 Å². The highest BCUT2D eigenvalue weighted by Gasteiger charge is 2.18. The standard InChI is InChI=1S/C20H28N6O.HI/c1-3-21-20(23-14-19(27)26-11-7-8-12-26)25(2)15-18-22-13-17(24-18)16-9-5-4-6-10-16;/h4-6,9-10,13H,3,7-8,11-12,14-15H2,1-2H3,(H,21,23)(H,22,24);1H. The Hall–Kier alpha value is -2.10. The molecule has 1 fully saturated rings. The third-order valence-corrected chi connectivity index (χ3v) is 4.62. The molecule has 8 heteroatoms. The molecular weight excluding hydrogens is 467 g/mol. The maximum absolute atomic E-state index is 12.2. The van der Waals surface area contributed by atoms with Crippen LogP contribution in [0.2, 0.25) is 0 Å². The molecule has 2 aromatic rings. The summed E-state index contributed by atoms with van der Waals surface area (Å²) in [5.41, 5.74) is 2.10. The highest BCUT2D eigenvalue weighted by Crippen LogP contribution is 2.16. The monoisotopic (exact) mass is 496 g/mol. The van der Waals surface area contributed by atoms with Gasteiger partial charge in [0.25, 0.3) is 0 Å². The highest BCUT2D eigenvalue weighted by molar-refractivity contribution is 14.0. The number of halogens is 1. The molecule has 1 aromatic heterocycles. The minimum Gasteiger partial charge on any atom is -0.357 e. The number of imidazole rings is 1. The Balaban J connectivity index is 0.00000280. The first-order chi connectivity index (χ1) is 13.2. The lowest BCUT2D eigenvalue weighted by atomic mass is 10.2. The van der Waals surface area contributed by atoms with E-state index in [4.69, 9.17) is 0 Å². The molecule has 1 aliphatic rings. The summed E-state index contributed by atoms with van der Waals surface area (Å²) in [4.78, 5) is 28.5. The molecule has 0 atom stereocenters. The van der Waals surface area contributed by atoms with Gasteiger partial charge in [-0.05, 0) is 25.3 Å². The third-order valence-electron chi connectivity index (χ3n) is 4.62. The maximum atomic E-state index is 12.2. The number of aromatic nitrogens is 2. The summed E-state index contributed by atoms with van der Waals surface area (Å²) < 4.78 is 0. The van der Waals surface area contributed by atoms with E-state index in [2.05, 4.69) is 32.4 Å². The Morgan fingerprint density at radius 1 is 1.29 bits per heavy atom. The zero-order valence-electron chi connectivity index (χ0n) is 16.5. The number of hydrogen-bond donors (Lipinski definition) is 2. The van der Waals surface area contributed by atoms with E-state index in [1.807, 2.05) is 48.2 Å². The van der Waals surface area contributed by atoms with E-state index in [0.29, 0.717) is 12.5 Å². The number of likely N-dealkylation sites (tertiary alicyclic amines) is 1. The Kier molecular flexibility index (Phi) is 8.75. The number of guanidine groups is 1. The average molecular weight is 496 g/mol. The van der Waals surface area contributed by atoms with Gasteiger partial charge in [-0.25, -0.2) is 9.98 Å². The van der Waals surface area contributed by atoms with E-state index in [9.17, 15) is 4.79 Å². The second-order valence-corrected chi connectivity index (χ2v) is 6.72. The molecule has 3 rings (SSSR count). The predicted molar refractivity (Wildman–Crippen MR) is 123 cm³/mol. The number of aromatic amines is 1. The van der Waals surface area contributed by atoms with Crippen LogP contribution in [0.3, 0.4) is 0 Å². The first-order valence-electron chi connectivity index (χ1n) is 9.54. The van der Waals surface area contributed by atoms with Crippen molar-refractivity contribution in [2.24, 2.45) is 4.99 Å². The normalized spacial score (nSPS) is 13.9. The van der Waals surface area contributed by atoms with E-state index >= 15 is 0 Å². The van der Waals surface area contributed by atoms with Gasteiger partial charge in [0.05, 0.1) is 18.4 Å². The maximum Gasteiger partial charge on any atom is 0.244 e. The van der Waals surface area contributed by atoms with Crippen molar-refractivity contribution in [2.45, 2.75) is 26.3 Å². The number of carbonyl (C=O) groups is 1. The van der Waals surface area contributed by atoms with Gasteiger partial charge in [-0.1, -0.05) is 30.3 Å². The molecule has 7 nitrogen and oxygen atoms in total. The van der Waals surface area contributed by atoms with Gasteiger partial charge in [0.2, 0.25) is 5.91 Å². The molecule has 2 N–H and O–H groups in total. The Bertz CT molecular complexity index is 770. The SMILES string of the molecule is CCNC(=NCC(=O)N1CCCC1)N(C)Cc1ncc(-c2ccccc2)[nH]1.I. The molecule has 152 valence electrons. The summed E-state index contributed by atoms with van der Waals surface area (Å²) in [5, 5.41) is 3.25. The number of carbonyl (C=O) groups excluding carboxylic acids is 1. The van der Waals surface area contributed by atoms with E-state index < -0.39 is 0 Å². The van der Waals surface area contributed by atoms with Crippen LogP contribution in [0.4, 0.5) is 0 Å². The lowest BCUT2D eigenvalue weighted by Crippen LogP contribution is -2.40. The molecule has 2 heterocycles. The molecule has 1 amide bonds. The molecule has 1 saturated heterocycles. The van der Waals surface area contributed by atoms with E-state index in [1.54, 1.807) is 0 Å².